The van der Waals surface area contributed by atoms with Gasteiger partial charge in [0.2, 0.25) is 23.6 Å². The topological polar surface area (TPSA) is 216 Å². The third-order valence-corrected chi connectivity index (χ3v) is 8.54. The van der Waals surface area contributed by atoms with Crippen LogP contribution in [-0.2, 0) is 38.6 Å². The predicted molar refractivity (Wildman–Crippen MR) is 201 cm³/mol. The molecule has 3 atom stereocenters. The summed E-state index contributed by atoms with van der Waals surface area (Å²) in [6, 6.07) is 17.9. The van der Waals surface area contributed by atoms with E-state index in [2.05, 4.69) is 36.4 Å². The number of hydrogen-bond donors (Lipinski definition) is 5. The van der Waals surface area contributed by atoms with Crippen molar-refractivity contribution in [3.8, 4) is 11.6 Å². The average Bonchev–Trinajstić information content (AvgIpc) is 3.92. The van der Waals surface area contributed by atoms with E-state index in [0.717, 1.165) is 24.0 Å². The van der Waals surface area contributed by atoms with E-state index in [4.69, 9.17) is 18.7 Å². The Balaban J connectivity index is 0.00000673. The van der Waals surface area contributed by atoms with Gasteiger partial charge in [-0.05, 0) is 43.5 Å². The zero-order valence-corrected chi connectivity index (χ0v) is 31.4. The normalized spacial score (nSPS) is 13.7. The van der Waals surface area contributed by atoms with Crippen LogP contribution < -0.4 is 30.7 Å². The Kier molecular flexibility index (Phi) is 16.4. The molecular formula is C38H46ClN7O9. The van der Waals surface area contributed by atoms with Gasteiger partial charge in [-0.25, -0.2) is 4.98 Å². The van der Waals surface area contributed by atoms with Crippen molar-refractivity contribution in [3.63, 3.8) is 0 Å². The van der Waals surface area contributed by atoms with Gasteiger partial charge in [0, 0.05) is 25.1 Å². The van der Waals surface area contributed by atoms with E-state index in [9.17, 15) is 24.3 Å². The lowest BCUT2D eigenvalue weighted by molar-refractivity contribution is -0.139. The van der Waals surface area contributed by atoms with E-state index >= 15 is 0 Å². The van der Waals surface area contributed by atoms with Gasteiger partial charge < -0.3 is 45.1 Å². The van der Waals surface area contributed by atoms with E-state index in [1.807, 2.05) is 60.7 Å². The number of carboxylic acids is 1. The van der Waals surface area contributed by atoms with Crippen LogP contribution in [0.25, 0.3) is 0 Å². The second-order valence-electron chi connectivity index (χ2n) is 12.7. The number of likely N-dealkylation sites (N-methyl/N-ethyl adjacent to an activating group) is 1. The molecule has 55 heavy (non-hydrogen) atoms. The third-order valence-electron chi connectivity index (χ3n) is 8.54. The van der Waals surface area contributed by atoms with Crippen LogP contribution in [0.3, 0.4) is 0 Å². The molecule has 3 amide bonds. The Morgan fingerprint density at radius 1 is 0.927 bits per heavy atom. The van der Waals surface area contributed by atoms with Crippen LogP contribution in [0.1, 0.15) is 58.4 Å². The quantitative estimate of drug-likeness (QED) is 0.0777. The van der Waals surface area contributed by atoms with Crippen molar-refractivity contribution in [2.75, 3.05) is 33.9 Å². The van der Waals surface area contributed by atoms with Gasteiger partial charge >= 0.3 is 5.97 Å². The molecule has 2 heterocycles. The summed E-state index contributed by atoms with van der Waals surface area (Å²) < 4.78 is 22.6. The maximum atomic E-state index is 13.7. The Labute approximate surface area is 324 Å². The highest BCUT2D eigenvalue weighted by Gasteiger charge is 2.30. The Hall–Kier alpha value is -5.58. The lowest BCUT2D eigenvalue weighted by Gasteiger charge is -2.24. The van der Waals surface area contributed by atoms with Crippen molar-refractivity contribution < 1.29 is 43.0 Å². The summed E-state index contributed by atoms with van der Waals surface area (Å²) in [4.78, 5) is 60.5. The van der Waals surface area contributed by atoms with Gasteiger partial charge in [0.05, 0.1) is 32.8 Å². The number of carboxylic acid groups (broad SMARTS) is 1. The fraction of sp³-hybridized carbons (Fsp3) is 0.395. The fourth-order valence-corrected chi connectivity index (χ4v) is 5.52. The molecule has 3 unspecified atom stereocenters. The minimum absolute atomic E-state index is 0. The van der Waals surface area contributed by atoms with Crippen LogP contribution in [0.4, 0.5) is 0 Å². The third kappa shape index (κ3) is 13.0. The maximum Gasteiger partial charge on any atom is 0.305 e. The number of aromatic nitrogens is 3. The minimum Gasteiger partial charge on any atom is -0.490 e. The van der Waals surface area contributed by atoms with Crippen LogP contribution >= 0.6 is 12.4 Å². The van der Waals surface area contributed by atoms with Gasteiger partial charge in [-0.2, -0.15) is 4.98 Å². The number of ether oxygens (including phenoxy) is 3. The summed E-state index contributed by atoms with van der Waals surface area (Å²) in [5, 5.41) is 24.7. The number of carbonyl (C=O) groups excluding carboxylic acids is 3. The van der Waals surface area contributed by atoms with E-state index < -0.39 is 42.3 Å². The Bertz CT molecular complexity index is 1840. The number of pyridine rings is 1. The molecule has 2 aromatic carbocycles. The number of amides is 3. The first-order chi connectivity index (χ1) is 26.2. The van der Waals surface area contributed by atoms with Gasteiger partial charge in [0.25, 0.3) is 5.91 Å². The van der Waals surface area contributed by atoms with Gasteiger partial charge in [0.1, 0.15) is 30.0 Å². The molecule has 4 aromatic rings. The van der Waals surface area contributed by atoms with Crippen LogP contribution in [0.15, 0.2) is 77.4 Å². The zero-order chi connectivity index (χ0) is 38.3. The molecule has 0 bridgehead atoms. The van der Waals surface area contributed by atoms with Gasteiger partial charge in [-0.1, -0.05) is 65.8 Å². The number of benzene rings is 2. The molecule has 16 nitrogen and oxygen atoms in total. The lowest BCUT2D eigenvalue weighted by Crippen LogP contribution is -2.51. The minimum atomic E-state index is -1.45. The summed E-state index contributed by atoms with van der Waals surface area (Å²) in [6.07, 6.45) is 3.32. The molecule has 2 aromatic heterocycles. The molecule has 1 saturated carbocycles. The van der Waals surface area contributed by atoms with Crippen molar-refractivity contribution in [2.24, 2.45) is 0 Å². The summed E-state index contributed by atoms with van der Waals surface area (Å²) in [7, 11) is 2.98. The maximum absolute atomic E-state index is 13.7. The number of hydrogen-bond acceptors (Lipinski definition) is 12. The first-order valence-corrected chi connectivity index (χ1v) is 17.7. The zero-order valence-electron chi connectivity index (χ0n) is 30.6. The molecular weight excluding hydrogens is 734 g/mol. The molecule has 294 valence electrons. The molecule has 17 heteroatoms. The monoisotopic (exact) mass is 779 g/mol. The number of aliphatic carboxylic acids is 1. The van der Waals surface area contributed by atoms with Crippen LogP contribution in [0.5, 0.6) is 11.6 Å². The standard InChI is InChI=1S/C38H45N7O9.ClH/c1-39-29(23-52-21-25-11-7-4-8-12-25)36(49)42-27(19-24-9-5-3-6-10-24)22-53-30-15-17-41-38(51-2)33(30)37(50)43-28(20-32(46)47)35(48)40-18-16-31-44-34(45-54-31)26-13-14-26;/h3-12,15,17,26-29,39H,13-14,16,18-23H2,1-2H3,(H,40,48)(H,42,49)(H,43,50)(H,46,47);1H. The lowest BCUT2D eigenvalue weighted by atomic mass is 10.1. The summed E-state index contributed by atoms with van der Waals surface area (Å²) in [5.41, 5.74) is 1.75. The summed E-state index contributed by atoms with van der Waals surface area (Å²) >= 11 is 0. The van der Waals surface area contributed by atoms with E-state index in [-0.39, 0.29) is 61.7 Å². The molecule has 0 saturated heterocycles. The Morgan fingerprint density at radius 2 is 1.64 bits per heavy atom. The van der Waals surface area contributed by atoms with Gasteiger partial charge in [0.15, 0.2) is 5.82 Å². The molecule has 5 N–H and O–H groups in total. The first kappa shape index (κ1) is 42.2. The molecule has 0 radical (unpaired) electrons. The van der Waals surface area contributed by atoms with Crippen molar-refractivity contribution in [3.05, 3.63) is 101 Å². The van der Waals surface area contributed by atoms with Gasteiger partial charge in [-0.3, -0.25) is 19.2 Å². The van der Waals surface area contributed by atoms with Crippen molar-refractivity contribution >= 4 is 36.1 Å². The fourth-order valence-electron chi connectivity index (χ4n) is 5.52. The molecule has 5 rings (SSSR count). The largest absolute Gasteiger partial charge is 0.490 e. The smallest absolute Gasteiger partial charge is 0.305 e. The van der Waals surface area contributed by atoms with Crippen LogP contribution in [0.2, 0.25) is 0 Å². The average molecular weight is 780 g/mol. The SMILES string of the molecule is CNC(COCc1ccccc1)C(=O)NC(COc1ccnc(OC)c1C(=O)NC(CC(=O)O)C(=O)NCCc1nc(C2CC2)no1)Cc1ccccc1.Cl. The van der Waals surface area contributed by atoms with E-state index in [1.165, 1.54) is 19.4 Å². The molecule has 0 aliphatic heterocycles. The molecule has 1 aliphatic carbocycles. The number of halogens is 1. The second-order valence-corrected chi connectivity index (χ2v) is 12.7. The second kappa shape index (κ2) is 21.3. The number of nitrogens with zero attached hydrogens (tertiary/aromatic N) is 3. The highest BCUT2D eigenvalue weighted by molar-refractivity contribution is 6.02. The van der Waals surface area contributed by atoms with Gasteiger partial charge in [-0.15, -0.1) is 12.4 Å². The first-order valence-electron chi connectivity index (χ1n) is 17.7. The Morgan fingerprint density at radius 3 is 2.29 bits per heavy atom. The summed E-state index contributed by atoms with van der Waals surface area (Å²) in [6.45, 7) is 0.454. The summed E-state index contributed by atoms with van der Waals surface area (Å²) in [5.74, 6) is -1.98. The van der Waals surface area contributed by atoms with Crippen molar-refractivity contribution in [2.45, 2.75) is 62.8 Å². The number of rotatable bonds is 22. The number of methoxy groups -OCH3 is 1. The van der Waals surface area contributed by atoms with E-state index in [0.29, 0.717) is 30.7 Å². The number of nitrogens with one attached hydrogen (secondary N) is 4. The molecule has 1 fully saturated rings. The van der Waals surface area contributed by atoms with E-state index in [1.54, 1.807) is 7.05 Å². The highest BCUT2D eigenvalue weighted by Crippen LogP contribution is 2.38. The van der Waals surface area contributed by atoms with Crippen molar-refractivity contribution in [1.29, 1.82) is 0 Å². The predicted octanol–water partition coefficient (Wildman–Crippen LogP) is 2.62. The van der Waals surface area contributed by atoms with Crippen LogP contribution in [-0.4, -0.2) is 96.0 Å². The highest BCUT2D eigenvalue weighted by atomic mass is 35.5. The number of carbonyl (C=O) groups is 4. The van der Waals surface area contributed by atoms with Crippen LogP contribution in [0, 0.1) is 0 Å². The molecule has 1 aliphatic rings. The molecule has 0 spiro atoms. The van der Waals surface area contributed by atoms with Crippen molar-refractivity contribution in [1.82, 2.24) is 36.4 Å².